The normalized spacial score (nSPS) is 21.1. The van der Waals surface area contributed by atoms with Crippen molar-refractivity contribution in [2.45, 2.75) is 25.3 Å². The molecular weight excluding hydrogens is 324 g/mol. The highest BCUT2D eigenvalue weighted by atomic mass is 35.5. The van der Waals surface area contributed by atoms with Crippen molar-refractivity contribution in [2.75, 3.05) is 13.1 Å². The van der Waals surface area contributed by atoms with Gasteiger partial charge >= 0.3 is 0 Å². The highest BCUT2D eigenvalue weighted by molar-refractivity contribution is 5.85. The van der Waals surface area contributed by atoms with Crippen LogP contribution in [0.2, 0.25) is 0 Å². The van der Waals surface area contributed by atoms with E-state index in [0.29, 0.717) is 0 Å². The Hall–Kier alpha value is -1.85. The van der Waals surface area contributed by atoms with Gasteiger partial charge in [0.1, 0.15) is 0 Å². The minimum atomic E-state index is -0.0445. The molecule has 0 spiro atoms. The van der Waals surface area contributed by atoms with Gasteiger partial charge in [0.05, 0.1) is 18.2 Å². The van der Waals surface area contributed by atoms with E-state index in [1.54, 1.807) is 4.68 Å². The van der Waals surface area contributed by atoms with Crippen LogP contribution in [0.4, 0.5) is 0 Å². The van der Waals surface area contributed by atoms with Gasteiger partial charge in [-0.3, -0.25) is 9.48 Å². The van der Waals surface area contributed by atoms with Crippen LogP contribution in [0.3, 0.4) is 0 Å². The van der Waals surface area contributed by atoms with Gasteiger partial charge in [0.15, 0.2) is 0 Å². The standard InChI is InChI=1S/C18H24N4O.ClH/c1-3-17(13-7-5-4-6-8-13)21-18(23)16-11-19-10-15(16)14-9-20-22(2)12-14;/h4-9,12,15-17,19H,3,10-11H2,1-2H3,(H,21,23);1H/t15-,16+,17?;/m1./s1. The van der Waals surface area contributed by atoms with Gasteiger partial charge in [0.25, 0.3) is 0 Å². The molecule has 1 saturated heterocycles. The molecule has 1 fully saturated rings. The largest absolute Gasteiger partial charge is 0.349 e. The van der Waals surface area contributed by atoms with Crippen molar-refractivity contribution in [3.05, 3.63) is 53.9 Å². The molecule has 24 heavy (non-hydrogen) atoms. The van der Waals surface area contributed by atoms with E-state index in [1.165, 1.54) is 0 Å². The quantitative estimate of drug-likeness (QED) is 0.872. The Morgan fingerprint density at radius 1 is 1.38 bits per heavy atom. The number of hydrogen-bond donors (Lipinski definition) is 2. The zero-order valence-electron chi connectivity index (χ0n) is 14.1. The van der Waals surface area contributed by atoms with Gasteiger partial charge in [-0.1, -0.05) is 37.3 Å². The fourth-order valence-corrected chi connectivity index (χ4v) is 3.32. The van der Waals surface area contributed by atoms with Gasteiger partial charge in [-0.25, -0.2) is 0 Å². The van der Waals surface area contributed by atoms with Crippen molar-refractivity contribution in [3.8, 4) is 0 Å². The molecule has 2 heterocycles. The third kappa shape index (κ3) is 3.97. The number of carbonyl (C=O) groups is 1. The lowest BCUT2D eigenvalue weighted by Gasteiger charge is -2.22. The van der Waals surface area contributed by atoms with Crippen molar-refractivity contribution in [2.24, 2.45) is 13.0 Å². The van der Waals surface area contributed by atoms with Crippen LogP contribution in [-0.4, -0.2) is 28.8 Å². The van der Waals surface area contributed by atoms with Crippen molar-refractivity contribution in [3.63, 3.8) is 0 Å². The van der Waals surface area contributed by atoms with Crippen molar-refractivity contribution in [1.82, 2.24) is 20.4 Å². The van der Waals surface area contributed by atoms with E-state index >= 15 is 0 Å². The molecule has 2 N–H and O–H groups in total. The third-order valence-electron chi connectivity index (χ3n) is 4.63. The molecule has 1 aromatic carbocycles. The van der Waals surface area contributed by atoms with Crippen LogP contribution in [0.1, 0.15) is 36.4 Å². The topological polar surface area (TPSA) is 59.0 Å². The average molecular weight is 349 g/mol. The molecular formula is C18H25ClN4O. The Bertz CT molecular complexity index is 658. The summed E-state index contributed by atoms with van der Waals surface area (Å²) in [5.74, 6) is 0.272. The monoisotopic (exact) mass is 348 g/mol. The third-order valence-corrected chi connectivity index (χ3v) is 4.63. The molecule has 6 heteroatoms. The van der Waals surface area contributed by atoms with E-state index in [4.69, 9.17) is 0 Å². The summed E-state index contributed by atoms with van der Waals surface area (Å²) in [4.78, 5) is 12.8. The Balaban J connectivity index is 0.00000208. The molecule has 5 nitrogen and oxygen atoms in total. The summed E-state index contributed by atoms with van der Waals surface area (Å²) in [5.41, 5.74) is 2.29. The molecule has 0 radical (unpaired) electrons. The second-order valence-corrected chi connectivity index (χ2v) is 6.20. The van der Waals surface area contributed by atoms with E-state index in [0.717, 1.165) is 30.6 Å². The number of benzene rings is 1. The number of hydrogen-bond acceptors (Lipinski definition) is 3. The lowest BCUT2D eigenvalue weighted by molar-refractivity contribution is -0.125. The zero-order chi connectivity index (χ0) is 16.2. The van der Waals surface area contributed by atoms with Crippen molar-refractivity contribution in [1.29, 1.82) is 0 Å². The van der Waals surface area contributed by atoms with Gasteiger partial charge < -0.3 is 10.6 Å². The maximum atomic E-state index is 12.8. The maximum absolute atomic E-state index is 12.8. The molecule has 1 aromatic heterocycles. The Morgan fingerprint density at radius 3 is 2.75 bits per heavy atom. The molecule has 3 rings (SSSR count). The van der Waals surface area contributed by atoms with Crippen LogP contribution in [0.15, 0.2) is 42.7 Å². The summed E-state index contributed by atoms with van der Waals surface area (Å²) >= 11 is 0. The van der Waals surface area contributed by atoms with E-state index in [9.17, 15) is 4.79 Å². The number of rotatable bonds is 5. The summed E-state index contributed by atoms with van der Waals surface area (Å²) in [5, 5.41) is 10.8. The fraction of sp³-hybridized carbons (Fsp3) is 0.444. The van der Waals surface area contributed by atoms with Crippen LogP contribution in [0, 0.1) is 5.92 Å². The Labute approximate surface area is 149 Å². The maximum Gasteiger partial charge on any atom is 0.225 e. The second-order valence-electron chi connectivity index (χ2n) is 6.20. The lowest BCUT2D eigenvalue weighted by atomic mass is 9.89. The number of halogens is 1. The number of carbonyl (C=O) groups excluding carboxylic acids is 1. The molecule has 1 amide bonds. The summed E-state index contributed by atoms with van der Waals surface area (Å²) < 4.78 is 1.79. The van der Waals surface area contributed by atoms with E-state index in [-0.39, 0.29) is 36.2 Å². The first kappa shape index (κ1) is 18.5. The lowest BCUT2D eigenvalue weighted by Crippen LogP contribution is -2.36. The highest BCUT2D eigenvalue weighted by Gasteiger charge is 2.35. The number of amides is 1. The summed E-state index contributed by atoms with van der Waals surface area (Å²) in [6.07, 6.45) is 4.76. The minimum absolute atomic E-state index is 0. The molecule has 130 valence electrons. The van der Waals surface area contributed by atoms with Crippen LogP contribution in [-0.2, 0) is 11.8 Å². The van der Waals surface area contributed by atoms with Crippen molar-refractivity contribution < 1.29 is 4.79 Å². The highest BCUT2D eigenvalue weighted by Crippen LogP contribution is 2.29. The first-order valence-corrected chi connectivity index (χ1v) is 8.23. The molecule has 3 atom stereocenters. The van der Waals surface area contributed by atoms with E-state index in [1.807, 2.05) is 37.6 Å². The average Bonchev–Trinajstić information content (AvgIpc) is 3.21. The number of nitrogens with zero attached hydrogens (tertiary/aromatic N) is 2. The van der Waals surface area contributed by atoms with Crippen molar-refractivity contribution >= 4 is 18.3 Å². The molecule has 0 saturated carbocycles. The number of aryl methyl sites for hydroxylation is 1. The summed E-state index contributed by atoms with van der Waals surface area (Å²) in [6, 6.07) is 10.2. The number of aromatic nitrogens is 2. The Morgan fingerprint density at radius 2 is 2.12 bits per heavy atom. The van der Waals surface area contributed by atoms with Gasteiger partial charge in [0.2, 0.25) is 5.91 Å². The molecule has 0 aliphatic carbocycles. The first-order chi connectivity index (χ1) is 11.2. The molecule has 1 aliphatic heterocycles. The Kier molecular flexibility index (Phi) is 6.40. The van der Waals surface area contributed by atoms with Gasteiger partial charge in [0, 0.05) is 32.3 Å². The molecule has 1 aliphatic rings. The minimum Gasteiger partial charge on any atom is -0.349 e. The second kappa shape index (κ2) is 8.31. The predicted octanol–water partition coefficient (Wildman–Crippen LogP) is 2.41. The summed E-state index contributed by atoms with van der Waals surface area (Å²) in [7, 11) is 1.91. The van der Waals surface area contributed by atoms with E-state index < -0.39 is 0 Å². The van der Waals surface area contributed by atoms with Gasteiger partial charge in [-0.15, -0.1) is 12.4 Å². The smallest absolute Gasteiger partial charge is 0.225 e. The fourth-order valence-electron chi connectivity index (χ4n) is 3.32. The van der Waals surface area contributed by atoms with Crippen LogP contribution in [0.5, 0.6) is 0 Å². The molecule has 2 aromatic rings. The molecule has 0 bridgehead atoms. The van der Waals surface area contributed by atoms with Gasteiger partial charge in [-0.05, 0) is 17.5 Å². The van der Waals surface area contributed by atoms with E-state index in [2.05, 4.69) is 34.8 Å². The zero-order valence-corrected chi connectivity index (χ0v) is 14.9. The van der Waals surface area contributed by atoms with Crippen LogP contribution in [0.25, 0.3) is 0 Å². The first-order valence-electron chi connectivity index (χ1n) is 8.23. The molecule has 1 unspecified atom stereocenters. The van der Waals surface area contributed by atoms with Gasteiger partial charge in [-0.2, -0.15) is 5.10 Å². The summed E-state index contributed by atoms with van der Waals surface area (Å²) in [6.45, 7) is 3.64. The SMILES string of the molecule is CCC(NC(=O)[C@H]1CNC[C@@H]1c1cnn(C)c1)c1ccccc1.Cl. The van der Waals surface area contributed by atoms with Crippen LogP contribution < -0.4 is 10.6 Å². The van der Waals surface area contributed by atoms with Crippen LogP contribution >= 0.6 is 12.4 Å². The number of nitrogens with one attached hydrogen (secondary N) is 2. The predicted molar refractivity (Wildman–Crippen MR) is 97.2 cm³/mol.